The first-order valence-corrected chi connectivity index (χ1v) is 10.7. The van der Waals surface area contributed by atoms with Gasteiger partial charge in [-0.15, -0.1) is 0 Å². The van der Waals surface area contributed by atoms with Gasteiger partial charge in [0.25, 0.3) is 5.56 Å². The van der Waals surface area contributed by atoms with Crippen LogP contribution in [0.1, 0.15) is 24.4 Å². The van der Waals surface area contributed by atoms with Crippen LogP contribution in [0.15, 0.2) is 70.6 Å². The molecule has 0 unspecified atom stereocenters. The van der Waals surface area contributed by atoms with E-state index in [1.54, 1.807) is 31.3 Å². The number of para-hydroxylation sites is 1. The largest absolute Gasteiger partial charge is 0.360 e. The maximum Gasteiger partial charge on any atom is 0.267 e. The number of aryl methyl sites for hydroxylation is 1. The van der Waals surface area contributed by atoms with E-state index in [4.69, 9.17) is 16.6 Å². The minimum Gasteiger partial charge on any atom is -0.360 e. The lowest BCUT2D eigenvalue weighted by Gasteiger charge is -2.20. The van der Waals surface area contributed by atoms with Crippen LogP contribution in [0.25, 0.3) is 27.6 Å². The molecular weight excluding hydrogens is 440 g/mol. The van der Waals surface area contributed by atoms with E-state index in [0.29, 0.717) is 49.9 Å². The van der Waals surface area contributed by atoms with Crippen LogP contribution in [-0.2, 0) is 0 Å². The lowest BCUT2D eigenvalue weighted by atomic mass is 10.2. The van der Waals surface area contributed by atoms with Crippen molar-refractivity contribution in [2.24, 2.45) is 0 Å². The molecule has 8 nitrogen and oxygen atoms in total. The fraction of sp³-hybridized carbons (Fsp3) is 0.125. The van der Waals surface area contributed by atoms with Crippen molar-refractivity contribution in [2.75, 3.05) is 5.32 Å². The number of rotatable bonds is 4. The molecule has 0 radical (unpaired) electrons. The summed E-state index contributed by atoms with van der Waals surface area (Å²) in [7, 11) is 0. The first-order chi connectivity index (χ1) is 16.0. The fourth-order valence-electron chi connectivity index (χ4n) is 3.85. The molecule has 0 aliphatic rings. The lowest BCUT2D eigenvalue weighted by molar-refractivity contribution is 0.732. The fourth-order valence-corrected chi connectivity index (χ4v) is 4.10. The van der Waals surface area contributed by atoms with Crippen LogP contribution in [0.4, 0.5) is 5.82 Å². The van der Waals surface area contributed by atoms with Crippen LogP contribution in [0.5, 0.6) is 0 Å². The summed E-state index contributed by atoms with van der Waals surface area (Å²) in [6.07, 6.45) is 2.99. The Labute approximate surface area is 192 Å². The molecule has 2 N–H and O–H groups in total. The molecule has 0 fully saturated rings. The lowest BCUT2D eigenvalue weighted by Crippen LogP contribution is -2.28. The minimum atomic E-state index is -0.487. The third-order valence-electron chi connectivity index (χ3n) is 5.49. The van der Waals surface area contributed by atoms with Crippen molar-refractivity contribution >= 4 is 39.4 Å². The average molecular weight is 459 g/mol. The highest BCUT2D eigenvalue weighted by Gasteiger charge is 2.21. The zero-order chi connectivity index (χ0) is 23.1. The number of aromatic nitrogens is 5. The Bertz CT molecular complexity index is 1630. The summed E-state index contributed by atoms with van der Waals surface area (Å²) in [6, 6.07) is 13.9. The molecule has 3 aromatic heterocycles. The Kier molecular flexibility index (Phi) is 5.14. The molecule has 164 valence electrons. The van der Waals surface area contributed by atoms with Crippen LogP contribution in [0.3, 0.4) is 0 Å². The maximum absolute atomic E-state index is 13.6. The molecule has 9 heteroatoms. The van der Waals surface area contributed by atoms with E-state index in [9.17, 15) is 9.59 Å². The normalized spacial score (nSPS) is 12.2. The summed E-state index contributed by atoms with van der Waals surface area (Å²) in [5.74, 6) is 0.814. The molecule has 0 spiro atoms. The van der Waals surface area contributed by atoms with Gasteiger partial charge in [-0.05, 0) is 38.1 Å². The van der Waals surface area contributed by atoms with E-state index >= 15 is 0 Å². The molecule has 33 heavy (non-hydrogen) atoms. The number of aromatic amines is 1. The van der Waals surface area contributed by atoms with Crippen LogP contribution in [0.2, 0.25) is 5.02 Å². The molecule has 0 amide bonds. The first-order valence-electron chi connectivity index (χ1n) is 10.3. The number of hydrogen-bond acceptors (Lipinski definition) is 6. The van der Waals surface area contributed by atoms with Gasteiger partial charge in [-0.1, -0.05) is 35.9 Å². The van der Waals surface area contributed by atoms with Gasteiger partial charge >= 0.3 is 0 Å². The topological polar surface area (TPSA) is 106 Å². The predicted molar refractivity (Wildman–Crippen MR) is 129 cm³/mol. The quantitative estimate of drug-likeness (QED) is 0.419. The van der Waals surface area contributed by atoms with E-state index in [2.05, 4.69) is 20.3 Å². The molecule has 2 aromatic carbocycles. The molecule has 5 rings (SSSR count). The van der Waals surface area contributed by atoms with Crippen molar-refractivity contribution < 1.29 is 0 Å². The molecule has 0 aliphatic carbocycles. The van der Waals surface area contributed by atoms with Crippen molar-refractivity contribution in [3.05, 3.63) is 98.0 Å². The number of pyridine rings is 1. The van der Waals surface area contributed by atoms with Gasteiger partial charge in [0, 0.05) is 11.8 Å². The molecule has 0 aliphatic heterocycles. The summed E-state index contributed by atoms with van der Waals surface area (Å²) < 4.78 is 1.53. The summed E-state index contributed by atoms with van der Waals surface area (Å²) >= 11 is 6.36. The number of H-pyrrole nitrogens is 1. The van der Waals surface area contributed by atoms with Gasteiger partial charge in [-0.3, -0.25) is 14.2 Å². The predicted octanol–water partition coefficient (Wildman–Crippen LogP) is 4.15. The molecule has 1 atom stereocenters. The van der Waals surface area contributed by atoms with E-state index in [0.717, 1.165) is 0 Å². The average Bonchev–Trinajstić information content (AvgIpc) is 2.82. The SMILES string of the molecule is Cc1c[nH]c2ncnc(N[C@@H](C)c3nc4cccc(Cl)c4c(=O)n3-c3ccccc3)c2c1=O. The van der Waals surface area contributed by atoms with Gasteiger partial charge in [0.2, 0.25) is 0 Å². The van der Waals surface area contributed by atoms with Gasteiger partial charge in [0.05, 0.1) is 27.7 Å². The van der Waals surface area contributed by atoms with Crippen molar-refractivity contribution in [1.29, 1.82) is 0 Å². The zero-order valence-corrected chi connectivity index (χ0v) is 18.6. The number of nitrogens with zero attached hydrogens (tertiary/aromatic N) is 4. The third kappa shape index (κ3) is 3.54. The first kappa shape index (κ1) is 20.8. The highest BCUT2D eigenvalue weighted by atomic mass is 35.5. The second kappa shape index (κ2) is 8.14. The minimum absolute atomic E-state index is 0.169. The van der Waals surface area contributed by atoms with E-state index in [-0.39, 0.29) is 11.0 Å². The zero-order valence-electron chi connectivity index (χ0n) is 17.8. The van der Waals surface area contributed by atoms with Gasteiger partial charge < -0.3 is 10.3 Å². The Hall–Kier alpha value is -4.04. The number of hydrogen-bond donors (Lipinski definition) is 2. The molecule has 3 heterocycles. The van der Waals surface area contributed by atoms with E-state index in [1.165, 1.54) is 10.9 Å². The standard InChI is InChI=1S/C24H19ClN6O2/c1-13-11-26-21-19(20(13)32)22(28-12-27-21)29-14(2)23-30-17-10-6-9-16(25)18(17)24(33)31(23)15-7-4-3-5-8-15/h3-12,14H,1-2H3,(H2,26,27,28,29,32)/t14-/m0/s1. The van der Waals surface area contributed by atoms with Gasteiger partial charge in [-0.25, -0.2) is 15.0 Å². The second-order valence-electron chi connectivity index (χ2n) is 7.69. The highest BCUT2D eigenvalue weighted by molar-refractivity contribution is 6.35. The Morgan fingerprint density at radius 3 is 2.61 bits per heavy atom. The number of benzene rings is 2. The third-order valence-corrected chi connectivity index (χ3v) is 5.80. The summed E-state index contributed by atoms with van der Waals surface area (Å²) in [4.78, 5) is 42.6. The van der Waals surface area contributed by atoms with Crippen molar-refractivity contribution in [3.63, 3.8) is 0 Å². The Balaban J connectivity index is 1.72. The summed E-state index contributed by atoms with van der Waals surface area (Å²) in [5.41, 5.74) is 1.67. The summed E-state index contributed by atoms with van der Waals surface area (Å²) in [5, 5.41) is 4.29. The molecular formula is C24H19ClN6O2. The number of anilines is 1. The summed E-state index contributed by atoms with van der Waals surface area (Å²) in [6.45, 7) is 3.58. The van der Waals surface area contributed by atoms with Gasteiger partial charge in [0.15, 0.2) is 5.43 Å². The molecule has 5 aromatic rings. The molecule has 0 saturated heterocycles. The smallest absolute Gasteiger partial charge is 0.267 e. The Morgan fingerprint density at radius 1 is 1.03 bits per heavy atom. The van der Waals surface area contributed by atoms with Gasteiger partial charge in [-0.2, -0.15) is 0 Å². The van der Waals surface area contributed by atoms with E-state index in [1.807, 2.05) is 37.3 Å². The van der Waals surface area contributed by atoms with Crippen molar-refractivity contribution in [1.82, 2.24) is 24.5 Å². The monoisotopic (exact) mass is 458 g/mol. The van der Waals surface area contributed by atoms with Crippen LogP contribution >= 0.6 is 11.6 Å². The number of halogens is 1. The number of nitrogens with one attached hydrogen (secondary N) is 2. The van der Waals surface area contributed by atoms with Crippen LogP contribution in [0, 0.1) is 6.92 Å². The van der Waals surface area contributed by atoms with E-state index < -0.39 is 6.04 Å². The highest BCUT2D eigenvalue weighted by Crippen LogP contribution is 2.25. The van der Waals surface area contributed by atoms with Gasteiger partial charge in [0.1, 0.15) is 29.0 Å². The van der Waals surface area contributed by atoms with Crippen LogP contribution in [-0.4, -0.2) is 24.5 Å². The van der Waals surface area contributed by atoms with Crippen molar-refractivity contribution in [3.8, 4) is 5.69 Å². The number of fused-ring (bicyclic) bond motifs is 2. The van der Waals surface area contributed by atoms with Crippen molar-refractivity contribution in [2.45, 2.75) is 19.9 Å². The molecule has 0 bridgehead atoms. The molecule has 0 saturated carbocycles. The maximum atomic E-state index is 13.6. The van der Waals surface area contributed by atoms with Crippen LogP contribution < -0.4 is 16.3 Å². The Morgan fingerprint density at radius 2 is 1.82 bits per heavy atom. The second-order valence-corrected chi connectivity index (χ2v) is 8.10.